The summed E-state index contributed by atoms with van der Waals surface area (Å²) in [4.78, 5) is 39.5. The number of alkyl carbamates (subject to hydrolysis) is 1. The van der Waals surface area contributed by atoms with Crippen molar-refractivity contribution in [2.75, 3.05) is 32.1 Å². The zero-order chi connectivity index (χ0) is 31.6. The number of benzene rings is 1. The van der Waals surface area contributed by atoms with Gasteiger partial charge in [0.25, 0.3) is 5.91 Å². The van der Waals surface area contributed by atoms with Gasteiger partial charge in [-0.15, -0.1) is 0 Å². The van der Waals surface area contributed by atoms with Crippen molar-refractivity contribution in [2.45, 2.75) is 78.2 Å². The maximum atomic E-state index is 12.6. The van der Waals surface area contributed by atoms with Crippen LogP contribution in [0.1, 0.15) is 77.7 Å². The SMILES string of the molecule is CC(=O)[C@H]1CC[C@H]2[C@@H]3CC=C4C[C@@H](OC(=O)NCCNC(=O)/C(C#N)=C/c5ccc(N(C)C)cc5)CC[C@]4(C)[C@H]3CC[C@]12C. The molecule has 44 heavy (non-hydrogen) atoms. The molecule has 4 aliphatic rings. The number of fused-ring (bicyclic) bond motifs is 5. The topological polar surface area (TPSA) is 112 Å². The number of carbonyl (C=O) groups is 3. The van der Waals surface area contributed by atoms with Gasteiger partial charge in [-0.1, -0.05) is 37.6 Å². The number of nitrogens with zero attached hydrogens (tertiary/aromatic N) is 2. The molecule has 0 aromatic heterocycles. The van der Waals surface area contributed by atoms with Crippen LogP contribution >= 0.6 is 0 Å². The quantitative estimate of drug-likeness (QED) is 0.163. The van der Waals surface area contributed by atoms with Gasteiger partial charge >= 0.3 is 6.09 Å². The smallest absolute Gasteiger partial charge is 0.407 e. The van der Waals surface area contributed by atoms with Crippen molar-refractivity contribution in [1.82, 2.24) is 10.6 Å². The molecule has 3 saturated carbocycles. The largest absolute Gasteiger partial charge is 0.446 e. The highest BCUT2D eigenvalue weighted by atomic mass is 16.6. The van der Waals surface area contributed by atoms with Gasteiger partial charge in [0.15, 0.2) is 0 Å². The van der Waals surface area contributed by atoms with Gasteiger partial charge in [0.1, 0.15) is 23.5 Å². The number of anilines is 1. The zero-order valence-electron chi connectivity index (χ0n) is 26.9. The minimum absolute atomic E-state index is 0.00706. The van der Waals surface area contributed by atoms with E-state index in [1.807, 2.05) is 49.3 Å². The van der Waals surface area contributed by atoms with E-state index in [9.17, 15) is 19.6 Å². The van der Waals surface area contributed by atoms with Crippen molar-refractivity contribution in [1.29, 1.82) is 5.26 Å². The molecule has 0 bridgehead atoms. The molecule has 5 rings (SSSR count). The van der Waals surface area contributed by atoms with E-state index >= 15 is 0 Å². The van der Waals surface area contributed by atoms with E-state index in [4.69, 9.17) is 4.74 Å². The number of ketones is 1. The third-order valence-electron chi connectivity index (χ3n) is 11.6. The summed E-state index contributed by atoms with van der Waals surface area (Å²) in [7, 11) is 3.90. The summed E-state index contributed by atoms with van der Waals surface area (Å²) >= 11 is 0. The molecule has 7 atom stereocenters. The molecular weight excluding hydrogens is 552 g/mol. The van der Waals surface area contributed by atoms with Gasteiger partial charge in [0.2, 0.25) is 0 Å². The number of nitrogens with one attached hydrogen (secondary N) is 2. The first-order valence-electron chi connectivity index (χ1n) is 16.3. The zero-order valence-corrected chi connectivity index (χ0v) is 26.9. The summed E-state index contributed by atoms with van der Waals surface area (Å²) in [5.74, 6) is 2.01. The van der Waals surface area contributed by atoms with Crippen LogP contribution in [-0.2, 0) is 14.3 Å². The molecule has 0 unspecified atom stereocenters. The van der Waals surface area contributed by atoms with Gasteiger partial charge in [-0.2, -0.15) is 5.26 Å². The van der Waals surface area contributed by atoms with Crippen LogP contribution in [-0.4, -0.2) is 51.1 Å². The molecule has 4 aliphatic carbocycles. The molecule has 0 aliphatic heterocycles. The van der Waals surface area contributed by atoms with E-state index < -0.39 is 12.0 Å². The Morgan fingerprint density at radius 2 is 1.75 bits per heavy atom. The van der Waals surface area contributed by atoms with E-state index in [2.05, 4.69) is 30.6 Å². The Morgan fingerprint density at radius 1 is 1.02 bits per heavy atom. The van der Waals surface area contributed by atoms with E-state index in [-0.39, 0.29) is 41.5 Å². The molecule has 8 heteroatoms. The number of nitriles is 1. The number of ether oxygens (including phenoxy) is 1. The van der Waals surface area contributed by atoms with Crippen LogP contribution in [0, 0.1) is 45.8 Å². The van der Waals surface area contributed by atoms with Crippen molar-refractivity contribution < 1.29 is 19.1 Å². The number of Topliss-reactive ketones (excluding diaryl/α,β-unsaturated/α-hetero) is 1. The third-order valence-corrected chi connectivity index (χ3v) is 11.6. The lowest BCUT2D eigenvalue weighted by Gasteiger charge is -2.58. The number of rotatable bonds is 8. The van der Waals surface area contributed by atoms with Crippen molar-refractivity contribution in [2.24, 2.45) is 34.5 Å². The van der Waals surface area contributed by atoms with Gasteiger partial charge in [0.05, 0.1) is 0 Å². The predicted molar refractivity (Wildman–Crippen MR) is 172 cm³/mol. The van der Waals surface area contributed by atoms with Crippen LogP contribution in [0.25, 0.3) is 6.08 Å². The summed E-state index contributed by atoms with van der Waals surface area (Å²) in [5.41, 5.74) is 3.52. The molecule has 0 saturated heterocycles. The number of carbonyl (C=O) groups excluding carboxylic acids is 3. The molecule has 0 radical (unpaired) electrons. The molecule has 2 N–H and O–H groups in total. The van der Waals surface area contributed by atoms with Gasteiger partial charge in [-0.25, -0.2) is 4.79 Å². The minimum atomic E-state index is -0.481. The number of allylic oxidation sites excluding steroid dienone is 1. The first-order chi connectivity index (χ1) is 21.0. The van der Waals surface area contributed by atoms with Crippen LogP contribution in [0.15, 0.2) is 41.5 Å². The van der Waals surface area contributed by atoms with Crippen molar-refractivity contribution in [3.05, 3.63) is 47.1 Å². The van der Waals surface area contributed by atoms with Crippen LogP contribution < -0.4 is 15.5 Å². The van der Waals surface area contributed by atoms with Crippen LogP contribution in [0.5, 0.6) is 0 Å². The molecule has 0 spiro atoms. The third kappa shape index (κ3) is 6.16. The van der Waals surface area contributed by atoms with E-state index in [0.717, 1.165) is 49.8 Å². The standard InChI is InChI=1S/C36H48N4O4/c1-23(41)30-12-13-31-29-11-8-26-21-28(14-16-35(26,2)32(29)15-17-36(30,31)3)44-34(43)39-19-18-38-33(42)25(22-37)20-24-6-9-27(10-7-24)40(4)5/h6-10,20,28-32H,11-19,21H2,1-5H3,(H,38,42)(H,39,43)/b25-20+/t28-,29-,30+,31-,32-,35-,36+/m0/s1. The average Bonchev–Trinajstić information content (AvgIpc) is 3.36. The fourth-order valence-electron chi connectivity index (χ4n) is 9.21. The van der Waals surface area contributed by atoms with Gasteiger partial charge in [-0.3, -0.25) is 9.59 Å². The Morgan fingerprint density at radius 3 is 2.43 bits per heavy atom. The first-order valence-corrected chi connectivity index (χ1v) is 16.3. The number of hydrogen-bond acceptors (Lipinski definition) is 6. The van der Waals surface area contributed by atoms with Gasteiger partial charge < -0.3 is 20.3 Å². The Labute approximate surface area is 262 Å². The van der Waals surface area contributed by atoms with Crippen LogP contribution in [0.2, 0.25) is 0 Å². The Bertz CT molecular complexity index is 1380. The lowest BCUT2D eigenvalue weighted by Crippen LogP contribution is -2.51. The predicted octanol–water partition coefficient (Wildman–Crippen LogP) is 6.04. The van der Waals surface area contributed by atoms with E-state index in [1.165, 1.54) is 18.4 Å². The summed E-state index contributed by atoms with van der Waals surface area (Å²) in [6, 6.07) is 9.53. The molecule has 0 heterocycles. The second-order valence-corrected chi connectivity index (χ2v) is 14.2. The molecular formula is C36H48N4O4. The fourth-order valence-corrected chi connectivity index (χ4v) is 9.21. The normalized spacial score (nSPS) is 32.6. The van der Waals surface area contributed by atoms with Crippen molar-refractivity contribution in [3.63, 3.8) is 0 Å². The minimum Gasteiger partial charge on any atom is -0.446 e. The van der Waals surface area contributed by atoms with Crippen molar-refractivity contribution >= 4 is 29.5 Å². The average molecular weight is 601 g/mol. The summed E-state index contributed by atoms with van der Waals surface area (Å²) in [6.45, 7) is 6.99. The molecule has 1 aromatic carbocycles. The number of hydrogen-bond donors (Lipinski definition) is 2. The summed E-state index contributed by atoms with van der Waals surface area (Å²) < 4.78 is 5.82. The molecule has 3 fully saturated rings. The second kappa shape index (κ2) is 12.8. The molecule has 8 nitrogen and oxygen atoms in total. The maximum Gasteiger partial charge on any atom is 0.407 e. The molecule has 1 aromatic rings. The number of amides is 2. The summed E-state index contributed by atoms with van der Waals surface area (Å²) in [5, 5.41) is 14.9. The Kier molecular flexibility index (Phi) is 9.25. The first kappa shape index (κ1) is 31.8. The fraction of sp³-hybridized carbons (Fsp3) is 0.611. The molecule has 2 amide bonds. The van der Waals surface area contributed by atoms with Gasteiger partial charge in [-0.05, 0) is 104 Å². The highest BCUT2D eigenvalue weighted by Crippen LogP contribution is 2.66. The van der Waals surface area contributed by atoms with Crippen LogP contribution in [0.4, 0.5) is 10.5 Å². The Hall–Kier alpha value is -3.60. The second-order valence-electron chi connectivity index (χ2n) is 14.2. The summed E-state index contributed by atoms with van der Waals surface area (Å²) in [6.07, 6.45) is 11.6. The monoisotopic (exact) mass is 600 g/mol. The highest BCUT2D eigenvalue weighted by molar-refractivity contribution is 6.01. The lowest BCUT2D eigenvalue weighted by atomic mass is 9.47. The highest BCUT2D eigenvalue weighted by Gasteiger charge is 2.59. The van der Waals surface area contributed by atoms with Gasteiger partial charge in [0, 0.05) is 45.2 Å². The Balaban J connectivity index is 1.09. The van der Waals surface area contributed by atoms with E-state index in [0.29, 0.717) is 23.5 Å². The van der Waals surface area contributed by atoms with Crippen LogP contribution in [0.3, 0.4) is 0 Å². The molecule has 236 valence electrons. The van der Waals surface area contributed by atoms with E-state index in [1.54, 1.807) is 13.0 Å². The maximum absolute atomic E-state index is 12.6. The van der Waals surface area contributed by atoms with Crippen molar-refractivity contribution in [3.8, 4) is 6.07 Å². The lowest BCUT2D eigenvalue weighted by molar-refractivity contribution is -0.127.